The highest BCUT2D eigenvalue weighted by molar-refractivity contribution is 7.99. The molecule has 2 aromatic carbocycles. The topological polar surface area (TPSA) is 55.1 Å². The normalized spacial score (nSPS) is 10.9. The van der Waals surface area contributed by atoms with Crippen LogP contribution < -0.4 is 5.32 Å². The third kappa shape index (κ3) is 3.74. The van der Waals surface area contributed by atoms with Crippen LogP contribution in [-0.4, -0.2) is 16.6 Å². The predicted molar refractivity (Wildman–Crippen MR) is 93.9 cm³/mol. The van der Waals surface area contributed by atoms with Crippen molar-refractivity contribution < 1.29 is 9.21 Å². The van der Waals surface area contributed by atoms with Crippen LogP contribution in [0.1, 0.15) is 17.5 Å². The zero-order chi connectivity index (χ0) is 16.2. The van der Waals surface area contributed by atoms with Crippen molar-refractivity contribution in [3.63, 3.8) is 0 Å². The lowest BCUT2D eigenvalue weighted by molar-refractivity contribution is -0.115. The summed E-state index contributed by atoms with van der Waals surface area (Å²) in [4.78, 5) is 16.5. The van der Waals surface area contributed by atoms with Gasteiger partial charge < -0.3 is 9.73 Å². The number of thioether (sulfide) groups is 1. The first kappa shape index (κ1) is 15.6. The number of oxazole rings is 1. The first-order valence-corrected chi connectivity index (χ1v) is 8.46. The maximum atomic E-state index is 12.1. The number of carbonyl (C=O) groups is 1. The van der Waals surface area contributed by atoms with Gasteiger partial charge in [0.05, 0.1) is 0 Å². The Kier molecular flexibility index (Phi) is 4.67. The Labute approximate surface area is 139 Å². The molecule has 0 saturated heterocycles. The Bertz CT molecular complexity index is 789. The highest BCUT2D eigenvalue weighted by Gasteiger charge is 2.09. The van der Waals surface area contributed by atoms with Crippen LogP contribution in [0.25, 0.3) is 11.1 Å². The molecule has 4 nitrogen and oxygen atoms in total. The Balaban J connectivity index is 1.55. The van der Waals surface area contributed by atoms with E-state index in [4.69, 9.17) is 4.42 Å². The summed E-state index contributed by atoms with van der Waals surface area (Å²) in [6.07, 6.45) is 0.414. The van der Waals surface area contributed by atoms with E-state index in [0.717, 1.165) is 27.9 Å². The van der Waals surface area contributed by atoms with E-state index in [0.29, 0.717) is 17.4 Å². The minimum atomic E-state index is 0.00557. The van der Waals surface area contributed by atoms with Crippen LogP contribution >= 0.6 is 11.8 Å². The minimum Gasteiger partial charge on any atom is -0.431 e. The molecule has 0 aliphatic heterocycles. The lowest BCUT2D eigenvalue weighted by atomic mass is 10.1. The fraction of sp³-hybridized carbons (Fsp3) is 0.222. The van der Waals surface area contributed by atoms with Gasteiger partial charge in [0.1, 0.15) is 5.52 Å². The fourth-order valence-electron chi connectivity index (χ4n) is 2.36. The summed E-state index contributed by atoms with van der Waals surface area (Å²) in [5.41, 5.74) is 4.67. The molecule has 23 heavy (non-hydrogen) atoms. The van der Waals surface area contributed by atoms with Crippen molar-refractivity contribution in [2.75, 3.05) is 11.1 Å². The number of aryl methyl sites for hydroxylation is 2. The van der Waals surface area contributed by atoms with Gasteiger partial charge in [-0.2, -0.15) is 0 Å². The number of benzene rings is 2. The van der Waals surface area contributed by atoms with E-state index in [1.807, 2.05) is 56.3 Å². The number of hydrogen-bond donors (Lipinski definition) is 1. The summed E-state index contributed by atoms with van der Waals surface area (Å²) in [7, 11) is 0. The molecule has 1 aromatic heterocycles. The number of fused-ring (bicyclic) bond motifs is 1. The number of aromatic nitrogens is 1. The fourth-order valence-corrected chi connectivity index (χ4v) is 3.13. The van der Waals surface area contributed by atoms with Gasteiger partial charge in [-0.15, -0.1) is 0 Å². The second kappa shape index (κ2) is 6.87. The molecule has 0 aliphatic carbocycles. The predicted octanol–water partition coefficient (Wildman–Crippen LogP) is 4.57. The van der Waals surface area contributed by atoms with Crippen LogP contribution in [0.4, 0.5) is 5.69 Å². The van der Waals surface area contributed by atoms with Gasteiger partial charge >= 0.3 is 0 Å². The first-order chi connectivity index (χ1) is 11.1. The van der Waals surface area contributed by atoms with E-state index in [2.05, 4.69) is 10.3 Å². The average molecular weight is 326 g/mol. The average Bonchev–Trinajstić information content (AvgIpc) is 2.94. The molecule has 1 N–H and O–H groups in total. The Morgan fingerprint density at radius 1 is 1.13 bits per heavy atom. The molecule has 0 unspecified atom stereocenters. The molecule has 0 bridgehead atoms. The SMILES string of the molecule is Cc1cccc(C)c1NC(=O)CCSc1nc2ccccc2o1. The van der Waals surface area contributed by atoms with Crippen molar-refractivity contribution in [1.82, 2.24) is 4.98 Å². The number of hydrogen-bond acceptors (Lipinski definition) is 4. The monoisotopic (exact) mass is 326 g/mol. The number of carbonyl (C=O) groups excluding carboxylic acids is 1. The van der Waals surface area contributed by atoms with Crippen molar-refractivity contribution in [3.05, 3.63) is 53.6 Å². The van der Waals surface area contributed by atoms with Crippen molar-refractivity contribution >= 4 is 34.5 Å². The van der Waals surface area contributed by atoms with Gasteiger partial charge in [0.25, 0.3) is 5.22 Å². The van der Waals surface area contributed by atoms with Gasteiger partial charge in [-0.3, -0.25) is 4.79 Å². The number of anilines is 1. The van der Waals surface area contributed by atoms with Gasteiger partial charge in [-0.05, 0) is 37.1 Å². The van der Waals surface area contributed by atoms with E-state index < -0.39 is 0 Å². The number of rotatable bonds is 5. The lowest BCUT2D eigenvalue weighted by Crippen LogP contribution is -2.14. The number of nitrogens with zero attached hydrogens (tertiary/aromatic N) is 1. The molecule has 5 heteroatoms. The van der Waals surface area contributed by atoms with Gasteiger partial charge in [0, 0.05) is 17.9 Å². The third-order valence-electron chi connectivity index (χ3n) is 3.57. The van der Waals surface area contributed by atoms with Crippen LogP contribution in [0.3, 0.4) is 0 Å². The van der Waals surface area contributed by atoms with Crippen LogP contribution in [0.5, 0.6) is 0 Å². The summed E-state index contributed by atoms with van der Waals surface area (Å²) in [6.45, 7) is 3.99. The molecule has 0 saturated carbocycles. The maximum Gasteiger partial charge on any atom is 0.256 e. The molecule has 118 valence electrons. The molecule has 1 amide bonds. The van der Waals surface area contributed by atoms with Gasteiger partial charge in [-0.1, -0.05) is 42.1 Å². The summed E-state index contributed by atoms with van der Waals surface area (Å²) in [6, 6.07) is 13.6. The van der Waals surface area contributed by atoms with Crippen LogP contribution in [-0.2, 0) is 4.79 Å². The number of amides is 1. The molecular formula is C18H18N2O2S. The quantitative estimate of drug-likeness (QED) is 0.698. The van der Waals surface area contributed by atoms with Crippen LogP contribution in [0.2, 0.25) is 0 Å². The molecule has 0 spiro atoms. The molecule has 1 heterocycles. The summed E-state index contributed by atoms with van der Waals surface area (Å²) in [5, 5.41) is 3.59. The van der Waals surface area contributed by atoms with E-state index in [-0.39, 0.29) is 5.91 Å². The highest BCUT2D eigenvalue weighted by Crippen LogP contribution is 2.24. The van der Waals surface area contributed by atoms with Crippen molar-refractivity contribution in [2.24, 2.45) is 0 Å². The first-order valence-electron chi connectivity index (χ1n) is 7.48. The summed E-state index contributed by atoms with van der Waals surface area (Å²) < 4.78 is 5.63. The summed E-state index contributed by atoms with van der Waals surface area (Å²) in [5.74, 6) is 0.634. The molecule has 0 fully saturated rings. The number of para-hydroxylation sites is 3. The van der Waals surface area contributed by atoms with Crippen LogP contribution in [0.15, 0.2) is 52.1 Å². The molecule has 0 atom stereocenters. The minimum absolute atomic E-state index is 0.00557. The largest absolute Gasteiger partial charge is 0.431 e. The van der Waals surface area contributed by atoms with E-state index >= 15 is 0 Å². The zero-order valence-corrected chi connectivity index (χ0v) is 13.9. The Hall–Kier alpha value is -2.27. The Morgan fingerprint density at radius 3 is 2.61 bits per heavy atom. The number of nitrogens with one attached hydrogen (secondary N) is 1. The lowest BCUT2D eigenvalue weighted by Gasteiger charge is -2.10. The highest BCUT2D eigenvalue weighted by atomic mass is 32.2. The van der Waals surface area contributed by atoms with Gasteiger partial charge in [0.2, 0.25) is 5.91 Å². The van der Waals surface area contributed by atoms with E-state index in [1.165, 1.54) is 11.8 Å². The molecule has 0 radical (unpaired) electrons. The second-order valence-corrected chi connectivity index (χ2v) is 6.41. The molecular weight excluding hydrogens is 308 g/mol. The second-order valence-electron chi connectivity index (χ2n) is 5.36. The molecule has 3 rings (SSSR count). The smallest absolute Gasteiger partial charge is 0.256 e. The molecule has 3 aromatic rings. The van der Waals surface area contributed by atoms with Crippen molar-refractivity contribution in [1.29, 1.82) is 0 Å². The van der Waals surface area contributed by atoms with E-state index in [9.17, 15) is 4.79 Å². The van der Waals surface area contributed by atoms with Crippen LogP contribution in [0, 0.1) is 13.8 Å². The maximum absolute atomic E-state index is 12.1. The van der Waals surface area contributed by atoms with Gasteiger partial charge in [0.15, 0.2) is 5.58 Å². The van der Waals surface area contributed by atoms with E-state index in [1.54, 1.807) is 0 Å². The van der Waals surface area contributed by atoms with Gasteiger partial charge in [-0.25, -0.2) is 4.98 Å². The third-order valence-corrected chi connectivity index (χ3v) is 4.40. The Morgan fingerprint density at radius 2 is 1.87 bits per heavy atom. The summed E-state index contributed by atoms with van der Waals surface area (Å²) >= 11 is 1.45. The van der Waals surface area contributed by atoms with Crippen molar-refractivity contribution in [3.8, 4) is 0 Å². The standard InChI is InChI=1S/C18H18N2O2S/c1-12-6-5-7-13(2)17(12)20-16(21)10-11-23-18-19-14-8-3-4-9-15(14)22-18/h3-9H,10-11H2,1-2H3,(H,20,21). The van der Waals surface area contributed by atoms with Crippen molar-refractivity contribution in [2.45, 2.75) is 25.5 Å². The zero-order valence-electron chi connectivity index (χ0n) is 13.1. The molecule has 0 aliphatic rings.